The average Bonchev–Trinajstić information content (AvgIpc) is 3.40. The molecule has 5 heteroatoms. The predicted molar refractivity (Wildman–Crippen MR) is 97.6 cm³/mol. The van der Waals surface area contributed by atoms with Gasteiger partial charge in [0.2, 0.25) is 5.89 Å². The second kappa shape index (κ2) is 6.65. The smallest absolute Gasteiger partial charge is 0.231 e. The molecule has 26 heavy (non-hydrogen) atoms. The molecule has 3 atom stereocenters. The first-order valence-corrected chi connectivity index (χ1v) is 9.40. The highest BCUT2D eigenvalue weighted by atomic mass is 16.5. The zero-order valence-electron chi connectivity index (χ0n) is 14.7. The molecule has 2 saturated heterocycles. The molecule has 5 nitrogen and oxygen atoms in total. The topological polar surface area (TPSA) is 55.1 Å². The Morgan fingerprint density at radius 1 is 1.12 bits per heavy atom. The van der Waals surface area contributed by atoms with Crippen molar-refractivity contribution < 1.29 is 4.52 Å². The normalized spacial score (nSPS) is 25.5. The van der Waals surface area contributed by atoms with Crippen molar-refractivity contribution in [3.8, 4) is 0 Å². The number of nitrogens with zero attached hydrogens (tertiary/aromatic N) is 4. The monoisotopic (exact) mass is 346 g/mol. The Morgan fingerprint density at radius 3 is 2.88 bits per heavy atom. The average molecular weight is 346 g/mol. The van der Waals surface area contributed by atoms with Crippen molar-refractivity contribution in [1.29, 1.82) is 0 Å². The Balaban J connectivity index is 1.38. The van der Waals surface area contributed by atoms with E-state index in [0.29, 0.717) is 30.3 Å². The summed E-state index contributed by atoms with van der Waals surface area (Å²) in [6.07, 6.45) is 7.82. The molecule has 0 radical (unpaired) electrons. The van der Waals surface area contributed by atoms with Crippen LogP contribution in [0.3, 0.4) is 0 Å². The Bertz CT molecular complexity index is 864. The summed E-state index contributed by atoms with van der Waals surface area (Å²) in [7, 11) is 0. The third kappa shape index (κ3) is 2.82. The van der Waals surface area contributed by atoms with Crippen molar-refractivity contribution in [3.05, 3.63) is 77.7 Å². The van der Waals surface area contributed by atoms with Crippen molar-refractivity contribution in [2.24, 2.45) is 0 Å². The van der Waals surface area contributed by atoms with Gasteiger partial charge in [0.25, 0.3) is 0 Å². The highest BCUT2D eigenvalue weighted by Crippen LogP contribution is 2.48. The molecular weight excluding hydrogens is 324 g/mol. The van der Waals surface area contributed by atoms with E-state index >= 15 is 0 Å². The van der Waals surface area contributed by atoms with Crippen LogP contribution in [0.15, 0.2) is 59.4 Å². The van der Waals surface area contributed by atoms with Gasteiger partial charge < -0.3 is 4.52 Å². The highest BCUT2D eigenvalue weighted by molar-refractivity contribution is 5.24. The largest absolute Gasteiger partial charge is 0.339 e. The van der Waals surface area contributed by atoms with Gasteiger partial charge in [-0.2, -0.15) is 4.98 Å². The predicted octanol–water partition coefficient (Wildman–Crippen LogP) is 3.75. The number of pyridine rings is 1. The van der Waals surface area contributed by atoms with E-state index in [1.54, 1.807) is 6.20 Å². The SMILES string of the molecule is c1ccc([C@@H]2C[C@H](c3noc(Cc4cccnc4)n3)[C@H]3CCCN32)cc1. The van der Waals surface area contributed by atoms with Crippen molar-refractivity contribution in [1.82, 2.24) is 20.0 Å². The molecule has 0 bridgehead atoms. The molecule has 0 spiro atoms. The molecule has 132 valence electrons. The lowest BCUT2D eigenvalue weighted by molar-refractivity contribution is 0.243. The first-order valence-electron chi connectivity index (χ1n) is 9.40. The minimum atomic E-state index is 0.356. The Hall–Kier alpha value is -2.53. The standard InChI is InChI=1S/C21H22N4O/c1-2-7-16(8-3-1)19-13-17(18-9-5-11-25(18)19)21-23-20(26-24-21)12-15-6-4-10-22-14-15/h1-4,6-8,10,14,17-19H,5,9,11-13H2/t17-,18+,19-/m0/s1. The summed E-state index contributed by atoms with van der Waals surface area (Å²) in [5, 5.41) is 4.35. The van der Waals surface area contributed by atoms with E-state index in [1.807, 2.05) is 18.3 Å². The quantitative estimate of drug-likeness (QED) is 0.720. The zero-order valence-corrected chi connectivity index (χ0v) is 14.7. The van der Waals surface area contributed by atoms with E-state index in [9.17, 15) is 0 Å². The molecular formula is C21H22N4O. The minimum Gasteiger partial charge on any atom is -0.339 e. The van der Waals surface area contributed by atoms with E-state index in [4.69, 9.17) is 9.51 Å². The van der Waals surface area contributed by atoms with Gasteiger partial charge in [-0.15, -0.1) is 0 Å². The van der Waals surface area contributed by atoms with Gasteiger partial charge in [-0.25, -0.2) is 0 Å². The van der Waals surface area contributed by atoms with Crippen LogP contribution in [0.5, 0.6) is 0 Å². The maximum atomic E-state index is 5.56. The molecule has 0 amide bonds. The van der Waals surface area contributed by atoms with Gasteiger partial charge in [-0.05, 0) is 43.0 Å². The third-order valence-corrected chi connectivity index (χ3v) is 5.76. The summed E-state index contributed by atoms with van der Waals surface area (Å²) in [6.45, 7) is 1.17. The Morgan fingerprint density at radius 2 is 2.04 bits per heavy atom. The van der Waals surface area contributed by atoms with Gasteiger partial charge in [-0.3, -0.25) is 9.88 Å². The van der Waals surface area contributed by atoms with Crippen LogP contribution in [0.4, 0.5) is 0 Å². The molecule has 5 rings (SSSR count). The number of aromatic nitrogens is 3. The molecule has 2 aliphatic rings. The lowest BCUT2D eigenvalue weighted by Crippen LogP contribution is -2.27. The first-order chi connectivity index (χ1) is 12.9. The second-order valence-corrected chi connectivity index (χ2v) is 7.30. The van der Waals surface area contributed by atoms with Crippen LogP contribution in [-0.2, 0) is 6.42 Å². The molecule has 0 aliphatic carbocycles. The summed E-state index contributed by atoms with van der Waals surface area (Å²) in [6, 6.07) is 15.8. The highest BCUT2D eigenvalue weighted by Gasteiger charge is 2.46. The van der Waals surface area contributed by atoms with E-state index < -0.39 is 0 Å². The molecule has 3 aromatic rings. The first kappa shape index (κ1) is 15.7. The molecule has 2 aliphatic heterocycles. The molecule has 0 unspecified atom stereocenters. The maximum absolute atomic E-state index is 5.56. The minimum absolute atomic E-state index is 0.356. The van der Waals surface area contributed by atoms with Gasteiger partial charge in [0, 0.05) is 30.4 Å². The van der Waals surface area contributed by atoms with Crippen LogP contribution in [0.2, 0.25) is 0 Å². The van der Waals surface area contributed by atoms with Gasteiger partial charge in [0.1, 0.15) is 0 Å². The fraction of sp³-hybridized carbons (Fsp3) is 0.381. The summed E-state index contributed by atoms with van der Waals surface area (Å²) >= 11 is 0. The van der Waals surface area contributed by atoms with E-state index in [0.717, 1.165) is 17.8 Å². The molecule has 2 aromatic heterocycles. The number of benzene rings is 1. The van der Waals surface area contributed by atoms with Crippen LogP contribution in [0, 0.1) is 0 Å². The number of hydrogen-bond donors (Lipinski definition) is 0. The van der Waals surface area contributed by atoms with Gasteiger partial charge in [0.15, 0.2) is 5.82 Å². The van der Waals surface area contributed by atoms with Crippen LogP contribution in [-0.4, -0.2) is 32.6 Å². The molecule has 1 aromatic carbocycles. The molecule has 4 heterocycles. The summed E-state index contributed by atoms with van der Waals surface area (Å²) in [4.78, 5) is 11.5. The van der Waals surface area contributed by atoms with Crippen molar-refractivity contribution in [2.45, 2.75) is 43.7 Å². The van der Waals surface area contributed by atoms with Crippen LogP contribution >= 0.6 is 0 Å². The van der Waals surface area contributed by atoms with Crippen molar-refractivity contribution >= 4 is 0 Å². The number of rotatable bonds is 4. The summed E-state index contributed by atoms with van der Waals surface area (Å²) < 4.78 is 5.56. The molecule has 0 N–H and O–H groups in total. The van der Waals surface area contributed by atoms with Crippen LogP contribution in [0.25, 0.3) is 0 Å². The molecule has 2 fully saturated rings. The van der Waals surface area contributed by atoms with Crippen LogP contribution in [0.1, 0.15) is 54.1 Å². The third-order valence-electron chi connectivity index (χ3n) is 5.76. The lowest BCUT2D eigenvalue weighted by atomic mass is 9.94. The lowest BCUT2D eigenvalue weighted by Gasteiger charge is -2.24. The van der Waals surface area contributed by atoms with Gasteiger partial charge >= 0.3 is 0 Å². The molecule has 0 saturated carbocycles. The summed E-state index contributed by atoms with van der Waals surface area (Å²) in [5.74, 6) is 1.91. The second-order valence-electron chi connectivity index (χ2n) is 7.30. The van der Waals surface area contributed by atoms with Gasteiger partial charge in [-0.1, -0.05) is 41.6 Å². The van der Waals surface area contributed by atoms with Crippen molar-refractivity contribution in [2.75, 3.05) is 6.54 Å². The fourth-order valence-electron chi connectivity index (χ4n) is 4.61. The van der Waals surface area contributed by atoms with Crippen LogP contribution < -0.4 is 0 Å². The van der Waals surface area contributed by atoms with E-state index in [1.165, 1.54) is 24.9 Å². The van der Waals surface area contributed by atoms with Crippen molar-refractivity contribution in [3.63, 3.8) is 0 Å². The number of fused-ring (bicyclic) bond motifs is 1. The van der Waals surface area contributed by atoms with E-state index in [-0.39, 0.29) is 0 Å². The van der Waals surface area contributed by atoms with Gasteiger partial charge in [0.05, 0.1) is 6.42 Å². The Labute approximate surface area is 153 Å². The van der Waals surface area contributed by atoms with E-state index in [2.05, 4.69) is 45.4 Å². The fourth-order valence-corrected chi connectivity index (χ4v) is 4.61. The maximum Gasteiger partial charge on any atom is 0.231 e. The Kier molecular flexibility index (Phi) is 4.02. The summed E-state index contributed by atoms with van der Waals surface area (Å²) in [5.41, 5.74) is 2.50. The zero-order chi connectivity index (χ0) is 17.3. The number of hydrogen-bond acceptors (Lipinski definition) is 5.